The normalized spacial score (nSPS) is 14.2. The Balaban J connectivity index is 1.52. The average Bonchev–Trinajstić information content (AvgIpc) is 3.51. The highest BCUT2D eigenvalue weighted by molar-refractivity contribution is 7.90. The number of hydrogen-bond acceptors (Lipinski definition) is 8. The van der Waals surface area contributed by atoms with Gasteiger partial charge in [-0.2, -0.15) is 0 Å². The van der Waals surface area contributed by atoms with Crippen LogP contribution in [0.3, 0.4) is 0 Å². The highest BCUT2D eigenvalue weighted by Gasteiger charge is 2.27. The molecule has 10 heteroatoms. The van der Waals surface area contributed by atoms with Gasteiger partial charge in [-0.1, -0.05) is 22.8 Å². The van der Waals surface area contributed by atoms with Crippen molar-refractivity contribution in [2.75, 3.05) is 5.32 Å². The van der Waals surface area contributed by atoms with Crippen molar-refractivity contribution in [2.45, 2.75) is 56.9 Å². The fourth-order valence-corrected chi connectivity index (χ4v) is 5.72. The first-order valence-electron chi connectivity index (χ1n) is 12.5. The predicted octanol–water partition coefficient (Wildman–Crippen LogP) is 5.78. The Morgan fingerprint density at radius 1 is 1.03 bits per heavy atom. The molecule has 194 valence electrons. The molecule has 5 aromatic rings. The quantitative estimate of drug-likeness (QED) is 0.295. The van der Waals surface area contributed by atoms with Crippen LogP contribution in [0, 0.1) is 6.92 Å². The van der Waals surface area contributed by atoms with E-state index in [1.54, 1.807) is 48.8 Å². The van der Waals surface area contributed by atoms with E-state index in [0.29, 0.717) is 45.7 Å². The van der Waals surface area contributed by atoms with Gasteiger partial charge in [0.1, 0.15) is 0 Å². The fourth-order valence-electron chi connectivity index (χ4n) is 4.35. The van der Waals surface area contributed by atoms with E-state index in [-0.39, 0.29) is 10.4 Å². The molecule has 0 unspecified atom stereocenters. The highest BCUT2D eigenvalue weighted by atomic mass is 32.2. The molecule has 1 aliphatic carbocycles. The molecule has 2 aromatic carbocycles. The predicted molar refractivity (Wildman–Crippen MR) is 145 cm³/mol. The molecule has 1 aliphatic rings. The van der Waals surface area contributed by atoms with Gasteiger partial charge >= 0.3 is 6.01 Å². The average molecular weight is 529 g/mol. The van der Waals surface area contributed by atoms with Gasteiger partial charge in [-0.05, 0) is 76.9 Å². The van der Waals surface area contributed by atoms with Gasteiger partial charge in [0.15, 0.2) is 5.82 Å². The van der Waals surface area contributed by atoms with Crippen LogP contribution in [0.15, 0.2) is 70.2 Å². The van der Waals surface area contributed by atoms with Crippen LogP contribution in [0.4, 0.5) is 6.01 Å². The maximum atomic E-state index is 13.8. The van der Waals surface area contributed by atoms with E-state index in [9.17, 15) is 8.42 Å². The summed E-state index contributed by atoms with van der Waals surface area (Å²) >= 11 is 0. The molecule has 3 heterocycles. The summed E-state index contributed by atoms with van der Waals surface area (Å²) in [5.74, 6) is 1.24. The van der Waals surface area contributed by atoms with Crippen molar-refractivity contribution in [1.29, 1.82) is 0 Å². The Labute approximate surface area is 221 Å². The Morgan fingerprint density at radius 2 is 1.79 bits per heavy atom. The molecule has 1 saturated carbocycles. The third-order valence-electron chi connectivity index (χ3n) is 6.42. The second kappa shape index (κ2) is 8.76. The number of aryl methyl sites for hydroxylation is 1. The number of hydrogen-bond donors (Lipinski definition) is 1. The SMILES string of the molecule is Cc1ccc(S(=O)(=O)n2cc(-c3nccc(C4CC4)n3)c3cc(-c4nnc(NC(C)(C)C)o4)ccc32)cc1. The van der Waals surface area contributed by atoms with Gasteiger partial charge in [0, 0.05) is 46.1 Å². The second-order valence-electron chi connectivity index (χ2n) is 10.8. The number of nitrogens with zero attached hydrogens (tertiary/aromatic N) is 5. The van der Waals surface area contributed by atoms with E-state index >= 15 is 0 Å². The first kappa shape index (κ1) is 24.3. The number of rotatable bonds is 6. The highest BCUT2D eigenvalue weighted by Crippen LogP contribution is 2.40. The van der Waals surface area contributed by atoms with Crippen LogP contribution in [0.1, 0.15) is 50.8 Å². The zero-order chi connectivity index (χ0) is 26.7. The minimum atomic E-state index is -3.88. The molecular weight excluding hydrogens is 500 g/mol. The molecule has 0 bridgehead atoms. The summed E-state index contributed by atoms with van der Waals surface area (Å²) in [7, 11) is -3.88. The smallest absolute Gasteiger partial charge is 0.316 e. The summed E-state index contributed by atoms with van der Waals surface area (Å²) in [6.45, 7) is 7.93. The van der Waals surface area contributed by atoms with E-state index in [1.807, 2.05) is 39.8 Å². The van der Waals surface area contributed by atoms with E-state index in [2.05, 4.69) is 20.5 Å². The summed E-state index contributed by atoms with van der Waals surface area (Å²) in [6, 6.07) is 14.5. The largest absolute Gasteiger partial charge is 0.403 e. The van der Waals surface area contributed by atoms with Gasteiger partial charge in [0.2, 0.25) is 5.89 Å². The number of anilines is 1. The molecule has 0 aliphatic heterocycles. The molecule has 0 atom stereocenters. The third-order valence-corrected chi connectivity index (χ3v) is 8.10. The van der Waals surface area contributed by atoms with Crippen molar-refractivity contribution in [3.63, 3.8) is 0 Å². The zero-order valence-corrected chi connectivity index (χ0v) is 22.5. The zero-order valence-electron chi connectivity index (χ0n) is 21.6. The van der Waals surface area contributed by atoms with Gasteiger partial charge in [-0.3, -0.25) is 0 Å². The Kier molecular flexibility index (Phi) is 5.60. The van der Waals surface area contributed by atoms with Crippen LogP contribution in [-0.2, 0) is 10.0 Å². The van der Waals surface area contributed by atoms with Gasteiger partial charge in [-0.15, -0.1) is 5.10 Å². The Morgan fingerprint density at radius 3 is 2.50 bits per heavy atom. The molecule has 0 spiro atoms. The van der Waals surface area contributed by atoms with Crippen LogP contribution in [0.2, 0.25) is 0 Å². The molecular formula is C28H28N6O3S. The van der Waals surface area contributed by atoms with Crippen molar-refractivity contribution in [2.24, 2.45) is 0 Å². The summed E-state index contributed by atoms with van der Waals surface area (Å²) in [6.07, 6.45) is 5.55. The third kappa shape index (κ3) is 4.56. The molecule has 6 rings (SSSR count). The molecule has 0 saturated heterocycles. The van der Waals surface area contributed by atoms with Crippen LogP contribution < -0.4 is 5.32 Å². The first-order chi connectivity index (χ1) is 18.1. The monoisotopic (exact) mass is 528 g/mol. The fraction of sp³-hybridized carbons (Fsp3) is 0.286. The summed E-state index contributed by atoms with van der Waals surface area (Å²) < 4.78 is 34.7. The van der Waals surface area contributed by atoms with Crippen LogP contribution in [0.5, 0.6) is 0 Å². The van der Waals surface area contributed by atoms with Crippen molar-refractivity contribution >= 4 is 26.9 Å². The van der Waals surface area contributed by atoms with Crippen LogP contribution >= 0.6 is 0 Å². The number of nitrogens with one attached hydrogen (secondary N) is 1. The van der Waals surface area contributed by atoms with Crippen molar-refractivity contribution in [3.8, 4) is 22.8 Å². The van der Waals surface area contributed by atoms with E-state index in [4.69, 9.17) is 9.40 Å². The summed E-state index contributed by atoms with van der Waals surface area (Å²) in [5.41, 5.74) is 3.51. The van der Waals surface area contributed by atoms with E-state index in [0.717, 1.165) is 24.1 Å². The van der Waals surface area contributed by atoms with Crippen molar-refractivity contribution in [3.05, 3.63) is 72.2 Å². The summed E-state index contributed by atoms with van der Waals surface area (Å²) in [5, 5.41) is 12.2. The van der Waals surface area contributed by atoms with Gasteiger partial charge in [-0.25, -0.2) is 22.4 Å². The van der Waals surface area contributed by atoms with Crippen molar-refractivity contribution < 1.29 is 12.8 Å². The minimum absolute atomic E-state index is 0.207. The number of aromatic nitrogens is 5. The molecule has 0 amide bonds. The maximum absolute atomic E-state index is 13.8. The molecule has 38 heavy (non-hydrogen) atoms. The molecule has 1 fully saturated rings. The second-order valence-corrected chi connectivity index (χ2v) is 12.6. The van der Waals surface area contributed by atoms with E-state index < -0.39 is 10.0 Å². The Bertz CT molecular complexity index is 1760. The lowest BCUT2D eigenvalue weighted by atomic mass is 10.1. The van der Waals surface area contributed by atoms with Crippen molar-refractivity contribution in [1.82, 2.24) is 24.1 Å². The summed E-state index contributed by atoms with van der Waals surface area (Å²) in [4.78, 5) is 9.52. The minimum Gasteiger partial charge on any atom is -0.403 e. The standard InChI is InChI=1S/C28H28N6O3S/c1-17-5-10-20(11-6-17)38(35,36)34-16-22(25-29-14-13-23(30-25)18-7-8-18)21-15-19(9-12-24(21)34)26-32-33-27(37-26)31-28(2,3)4/h5-6,9-16,18H,7-8H2,1-4H3,(H,31,33). The van der Waals surface area contributed by atoms with Gasteiger partial charge in [0.05, 0.1) is 10.4 Å². The lowest BCUT2D eigenvalue weighted by Crippen LogP contribution is -2.26. The lowest BCUT2D eigenvalue weighted by Gasteiger charge is -2.17. The van der Waals surface area contributed by atoms with Crippen LogP contribution in [0.25, 0.3) is 33.7 Å². The molecule has 0 radical (unpaired) electrons. The lowest BCUT2D eigenvalue weighted by molar-refractivity contribution is 0.538. The molecule has 9 nitrogen and oxygen atoms in total. The number of benzene rings is 2. The molecule has 3 aromatic heterocycles. The molecule has 1 N–H and O–H groups in total. The Hall–Kier alpha value is -4.05. The van der Waals surface area contributed by atoms with Crippen LogP contribution in [-0.4, -0.2) is 38.1 Å². The number of fused-ring (bicyclic) bond motifs is 1. The van der Waals surface area contributed by atoms with Gasteiger partial charge < -0.3 is 9.73 Å². The first-order valence-corrected chi connectivity index (χ1v) is 14.0. The van der Waals surface area contributed by atoms with Gasteiger partial charge in [0.25, 0.3) is 10.0 Å². The topological polar surface area (TPSA) is 116 Å². The maximum Gasteiger partial charge on any atom is 0.316 e. The van der Waals surface area contributed by atoms with E-state index in [1.165, 1.54) is 3.97 Å².